The number of hydrogen-bond donors (Lipinski definition) is 1. The van der Waals surface area contributed by atoms with Crippen LogP contribution in [0, 0.1) is 0 Å². The maximum Gasteiger partial charge on any atom is 0.322 e. The van der Waals surface area contributed by atoms with Gasteiger partial charge in [0.05, 0.1) is 11.7 Å². The van der Waals surface area contributed by atoms with E-state index in [1.165, 1.54) is 18.5 Å². The van der Waals surface area contributed by atoms with Gasteiger partial charge in [-0.2, -0.15) is 0 Å². The number of amides is 2. The topological polar surface area (TPSA) is 52.9 Å². The standard InChI is InChI=1S/C20H21N5O/c26-20-22-14-18(15-4-3-5-16(12-15)23-8-1-2-9-23)25(20)17-6-10-24-11-7-21-19(24)13-17/h3-7,10-13,18H,1-2,8-9,14H2,(H,22,26). The average Bonchev–Trinajstić information content (AvgIpc) is 3.41. The number of imidazole rings is 1. The number of hydrogen-bond acceptors (Lipinski definition) is 3. The fourth-order valence-electron chi connectivity index (χ4n) is 4.02. The van der Waals surface area contributed by atoms with Crippen molar-refractivity contribution in [3.63, 3.8) is 0 Å². The van der Waals surface area contributed by atoms with Crippen molar-refractivity contribution in [2.75, 3.05) is 29.4 Å². The van der Waals surface area contributed by atoms with Crippen molar-refractivity contribution in [1.29, 1.82) is 0 Å². The van der Waals surface area contributed by atoms with E-state index >= 15 is 0 Å². The lowest BCUT2D eigenvalue weighted by atomic mass is 10.0. The van der Waals surface area contributed by atoms with E-state index in [4.69, 9.17) is 0 Å². The van der Waals surface area contributed by atoms with Crippen molar-refractivity contribution in [3.05, 3.63) is 60.6 Å². The van der Waals surface area contributed by atoms with Gasteiger partial charge in [-0.15, -0.1) is 0 Å². The summed E-state index contributed by atoms with van der Waals surface area (Å²) in [6.07, 6.45) is 8.12. The molecule has 1 aromatic carbocycles. The van der Waals surface area contributed by atoms with Gasteiger partial charge in [-0.25, -0.2) is 9.78 Å². The molecule has 2 amide bonds. The van der Waals surface area contributed by atoms with E-state index in [9.17, 15) is 4.79 Å². The lowest BCUT2D eigenvalue weighted by molar-refractivity contribution is 0.251. The van der Waals surface area contributed by atoms with Gasteiger partial charge in [0.1, 0.15) is 5.65 Å². The minimum Gasteiger partial charge on any atom is -0.372 e. The SMILES string of the molecule is O=C1NCC(c2cccc(N3CCCC3)c2)N1c1ccn2ccnc2c1. The summed E-state index contributed by atoms with van der Waals surface area (Å²) in [5.74, 6) is 0. The molecule has 0 saturated carbocycles. The zero-order valence-corrected chi connectivity index (χ0v) is 14.5. The first-order chi connectivity index (χ1) is 12.8. The van der Waals surface area contributed by atoms with Gasteiger partial charge in [0.2, 0.25) is 0 Å². The molecule has 4 heterocycles. The van der Waals surface area contributed by atoms with Gasteiger partial charge in [-0.3, -0.25) is 4.90 Å². The van der Waals surface area contributed by atoms with E-state index in [0.717, 1.165) is 30.0 Å². The number of nitrogens with one attached hydrogen (secondary N) is 1. The molecule has 1 unspecified atom stereocenters. The van der Waals surface area contributed by atoms with Crippen LogP contribution in [-0.2, 0) is 0 Å². The van der Waals surface area contributed by atoms with Crippen LogP contribution in [0.2, 0.25) is 0 Å². The second-order valence-corrected chi connectivity index (χ2v) is 6.94. The van der Waals surface area contributed by atoms with Crippen LogP contribution in [0.4, 0.5) is 16.2 Å². The molecule has 5 rings (SSSR count). The fraction of sp³-hybridized carbons (Fsp3) is 0.300. The Hall–Kier alpha value is -3.02. The van der Waals surface area contributed by atoms with Gasteiger partial charge in [0.25, 0.3) is 0 Å². The van der Waals surface area contributed by atoms with E-state index < -0.39 is 0 Å². The molecule has 1 atom stereocenters. The zero-order chi connectivity index (χ0) is 17.5. The second-order valence-electron chi connectivity index (χ2n) is 6.94. The Kier molecular flexibility index (Phi) is 3.55. The average molecular weight is 347 g/mol. The lowest BCUT2D eigenvalue weighted by Crippen LogP contribution is -2.29. The van der Waals surface area contributed by atoms with Crippen molar-refractivity contribution in [3.8, 4) is 0 Å². The Morgan fingerprint density at radius 1 is 1.04 bits per heavy atom. The highest BCUT2D eigenvalue weighted by molar-refractivity contribution is 5.95. The van der Waals surface area contributed by atoms with Gasteiger partial charge >= 0.3 is 6.03 Å². The van der Waals surface area contributed by atoms with Crippen LogP contribution in [0.1, 0.15) is 24.4 Å². The highest BCUT2D eigenvalue weighted by Gasteiger charge is 2.33. The fourth-order valence-corrected chi connectivity index (χ4v) is 4.02. The highest BCUT2D eigenvalue weighted by atomic mass is 16.2. The number of carbonyl (C=O) groups excluding carboxylic acids is 1. The summed E-state index contributed by atoms with van der Waals surface area (Å²) in [6.45, 7) is 2.85. The summed E-state index contributed by atoms with van der Waals surface area (Å²) in [4.78, 5) is 21.2. The zero-order valence-electron chi connectivity index (χ0n) is 14.5. The first-order valence-corrected chi connectivity index (χ1v) is 9.14. The monoisotopic (exact) mass is 347 g/mol. The molecule has 0 aliphatic carbocycles. The summed E-state index contributed by atoms with van der Waals surface area (Å²) in [6, 6.07) is 12.5. The Labute approximate surface area is 152 Å². The van der Waals surface area contributed by atoms with Gasteiger partial charge < -0.3 is 14.6 Å². The molecule has 26 heavy (non-hydrogen) atoms. The quantitative estimate of drug-likeness (QED) is 0.792. The number of benzene rings is 1. The molecule has 3 aromatic rings. The van der Waals surface area contributed by atoms with Crippen LogP contribution < -0.4 is 15.1 Å². The van der Waals surface area contributed by atoms with E-state index in [0.29, 0.717) is 6.54 Å². The minimum absolute atomic E-state index is 0.0116. The van der Waals surface area contributed by atoms with Crippen LogP contribution in [0.25, 0.3) is 5.65 Å². The highest BCUT2D eigenvalue weighted by Crippen LogP contribution is 2.33. The second kappa shape index (κ2) is 6.05. The molecule has 6 nitrogen and oxygen atoms in total. The van der Waals surface area contributed by atoms with Crippen LogP contribution in [0.15, 0.2) is 55.0 Å². The molecule has 132 valence electrons. The summed E-state index contributed by atoms with van der Waals surface area (Å²) in [5.41, 5.74) is 4.13. The summed E-state index contributed by atoms with van der Waals surface area (Å²) >= 11 is 0. The molecule has 2 fully saturated rings. The van der Waals surface area contributed by atoms with Gasteiger partial charge in [0, 0.05) is 50.0 Å². The van der Waals surface area contributed by atoms with E-state index in [-0.39, 0.29) is 12.1 Å². The van der Waals surface area contributed by atoms with Crippen molar-refractivity contribution < 1.29 is 4.79 Å². The minimum atomic E-state index is -0.0579. The number of carbonyl (C=O) groups is 1. The number of anilines is 2. The lowest BCUT2D eigenvalue weighted by Gasteiger charge is -2.25. The molecule has 6 heteroatoms. The third-order valence-corrected chi connectivity index (χ3v) is 5.36. The Balaban J connectivity index is 1.51. The largest absolute Gasteiger partial charge is 0.372 e. The summed E-state index contributed by atoms with van der Waals surface area (Å²) in [5, 5.41) is 2.99. The molecule has 2 aromatic heterocycles. The van der Waals surface area contributed by atoms with Crippen LogP contribution in [0.5, 0.6) is 0 Å². The van der Waals surface area contributed by atoms with E-state index in [1.54, 1.807) is 6.20 Å². The predicted molar refractivity (Wildman–Crippen MR) is 102 cm³/mol. The van der Waals surface area contributed by atoms with Gasteiger partial charge in [-0.1, -0.05) is 12.1 Å². The Bertz CT molecular complexity index is 959. The number of nitrogens with zero attached hydrogens (tertiary/aromatic N) is 4. The number of urea groups is 1. The summed E-state index contributed by atoms with van der Waals surface area (Å²) in [7, 11) is 0. The van der Waals surface area contributed by atoms with Crippen molar-refractivity contribution in [2.45, 2.75) is 18.9 Å². The molecule has 0 radical (unpaired) electrons. The third-order valence-electron chi connectivity index (χ3n) is 5.36. The van der Waals surface area contributed by atoms with E-state index in [1.807, 2.05) is 33.8 Å². The van der Waals surface area contributed by atoms with Gasteiger partial charge in [-0.05, 0) is 36.6 Å². The number of pyridine rings is 1. The van der Waals surface area contributed by atoms with Crippen molar-refractivity contribution >= 4 is 23.1 Å². The Morgan fingerprint density at radius 3 is 2.81 bits per heavy atom. The maximum atomic E-state index is 12.6. The number of aromatic nitrogens is 2. The number of rotatable bonds is 3. The normalized spacial score (nSPS) is 20.2. The molecule has 2 saturated heterocycles. The first kappa shape index (κ1) is 15.3. The van der Waals surface area contributed by atoms with Crippen molar-refractivity contribution in [1.82, 2.24) is 14.7 Å². The molecule has 2 aliphatic heterocycles. The predicted octanol–water partition coefficient (Wildman–Crippen LogP) is 3.21. The third kappa shape index (κ3) is 2.49. The van der Waals surface area contributed by atoms with Gasteiger partial charge in [0.15, 0.2) is 0 Å². The molecule has 2 aliphatic rings. The molecule has 0 spiro atoms. The molecular weight excluding hydrogens is 326 g/mol. The molecular formula is C20H21N5O. The van der Waals surface area contributed by atoms with Crippen LogP contribution in [-0.4, -0.2) is 35.1 Å². The molecule has 1 N–H and O–H groups in total. The summed E-state index contributed by atoms with van der Waals surface area (Å²) < 4.78 is 1.94. The Morgan fingerprint density at radius 2 is 1.92 bits per heavy atom. The van der Waals surface area contributed by atoms with Crippen molar-refractivity contribution in [2.24, 2.45) is 0 Å². The number of fused-ring (bicyclic) bond motifs is 1. The smallest absolute Gasteiger partial charge is 0.322 e. The van der Waals surface area contributed by atoms with Crippen LogP contribution in [0.3, 0.4) is 0 Å². The van der Waals surface area contributed by atoms with E-state index in [2.05, 4.69) is 39.5 Å². The van der Waals surface area contributed by atoms with Crippen LogP contribution >= 0.6 is 0 Å². The first-order valence-electron chi connectivity index (χ1n) is 9.14. The molecule has 0 bridgehead atoms. The maximum absolute atomic E-state index is 12.6.